The van der Waals surface area contributed by atoms with E-state index in [0.717, 1.165) is 11.3 Å². The fourth-order valence-electron chi connectivity index (χ4n) is 3.31. The van der Waals surface area contributed by atoms with Gasteiger partial charge < -0.3 is 14.2 Å². The lowest BCUT2D eigenvalue weighted by atomic mass is 10.1. The topological polar surface area (TPSA) is 94.2 Å². The molecule has 8 heteroatoms. The van der Waals surface area contributed by atoms with E-state index in [1.807, 2.05) is 20.8 Å². The van der Waals surface area contributed by atoms with Crippen molar-refractivity contribution in [1.29, 1.82) is 0 Å². The molecule has 8 nitrogen and oxygen atoms in total. The minimum absolute atomic E-state index is 0.0312. The first-order valence-corrected chi connectivity index (χ1v) is 11.0. The Balaban J connectivity index is 1.88. The van der Waals surface area contributed by atoms with Gasteiger partial charge in [-0.3, -0.25) is 19.8 Å². The smallest absolute Gasteiger partial charge is 0.331 e. The van der Waals surface area contributed by atoms with Crippen LogP contribution in [0.15, 0.2) is 48.0 Å². The molecule has 0 aromatic heterocycles. The molecule has 0 spiro atoms. The largest absolute Gasteiger partial charge is 0.493 e. The summed E-state index contributed by atoms with van der Waals surface area (Å²) in [7, 11) is 0. The number of nitrogens with one attached hydrogen (secondary N) is 1. The molecular weight excluding hydrogens is 424 g/mol. The standard InChI is InChI=1S/C25H28N2O6/c1-4-13-33-21-12-11-17(14-22(21)32-6-3)16-27-24(29)19(23(28)26-25(27)30)15-18-9-7-8-10-20(18)31-5-2/h7-12,14-15H,4-6,13,16H2,1-3H3,(H,26,28,30)/b19-15+. The molecule has 1 aliphatic heterocycles. The van der Waals surface area contributed by atoms with Crippen LogP contribution in [0.25, 0.3) is 6.08 Å². The number of imide groups is 2. The van der Waals surface area contributed by atoms with E-state index in [1.54, 1.807) is 42.5 Å². The molecule has 1 aliphatic rings. The predicted octanol–water partition coefficient (Wildman–Crippen LogP) is 3.93. The van der Waals surface area contributed by atoms with Gasteiger partial charge in [-0.05, 0) is 50.1 Å². The molecule has 0 saturated carbocycles. The lowest BCUT2D eigenvalue weighted by Crippen LogP contribution is -2.53. The average molecular weight is 453 g/mol. The zero-order valence-electron chi connectivity index (χ0n) is 19.1. The van der Waals surface area contributed by atoms with Crippen LogP contribution in [0.2, 0.25) is 0 Å². The SMILES string of the molecule is CCCOc1ccc(CN2C(=O)NC(=O)/C(=C\c3ccccc3OCC)C2=O)cc1OCC. The first-order chi connectivity index (χ1) is 16.0. The molecule has 0 bridgehead atoms. The highest BCUT2D eigenvalue weighted by Crippen LogP contribution is 2.30. The summed E-state index contributed by atoms with van der Waals surface area (Å²) in [6, 6.07) is 11.5. The van der Waals surface area contributed by atoms with Crippen molar-refractivity contribution in [3.05, 3.63) is 59.2 Å². The van der Waals surface area contributed by atoms with Crippen LogP contribution in [-0.2, 0) is 16.1 Å². The Bertz CT molecular complexity index is 1060. The molecule has 174 valence electrons. The molecule has 0 unspecified atom stereocenters. The molecule has 33 heavy (non-hydrogen) atoms. The molecule has 1 fully saturated rings. The van der Waals surface area contributed by atoms with Gasteiger partial charge in [0.25, 0.3) is 11.8 Å². The van der Waals surface area contributed by atoms with E-state index in [0.29, 0.717) is 48.2 Å². The van der Waals surface area contributed by atoms with E-state index in [2.05, 4.69) is 5.32 Å². The van der Waals surface area contributed by atoms with Crippen molar-refractivity contribution in [2.24, 2.45) is 0 Å². The highest BCUT2D eigenvalue weighted by atomic mass is 16.5. The van der Waals surface area contributed by atoms with Crippen molar-refractivity contribution in [2.45, 2.75) is 33.7 Å². The minimum atomic E-state index is -0.774. The van der Waals surface area contributed by atoms with Crippen LogP contribution in [0.4, 0.5) is 4.79 Å². The predicted molar refractivity (Wildman–Crippen MR) is 123 cm³/mol. The van der Waals surface area contributed by atoms with E-state index in [-0.39, 0.29) is 12.1 Å². The zero-order chi connectivity index (χ0) is 23.8. The Morgan fingerprint density at radius 2 is 1.61 bits per heavy atom. The number of hydrogen-bond acceptors (Lipinski definition) is 6. The van der Waals surface area contributed by atoms with Gasteiger partial charge in [0, 0.05) is 5.56 Å². The summed E-state index contributed by atoms with van der Waals surface area (Å²) >= 11 is 0. The summed E-state index contributed by atoms with van der Waals surface area (Å²) in [5, 5.41) is 2.24. The van der Waals surface area contributed by atoms with Crippen LogP contribution in [-0.4, -0.2) is 42.6 Å². The third-order valence-corrected chi connectivity index (χ3v) is 4.81. The highest BCUT2D eigenvalue weighted by Gasteiger charge is 2.36. The molecule has 4 amide bonds. The zero-order valence-corrected chi connectivity index (χ0v) is 19.1. The van der Waals surface area contributed by atoms with E-state index in [4.69, 9.17) is 14.2 Å². The Kier molecular flexibility index (Phi) is 8.07. The normalized spacial score (nSPS) is 14.9. The maximum atomic E-state index is 13.1. The molecule has 0 aliphatic carbocycles. The Morgan fingerprint density at radius 3 is 2.33 bits per heavy atom. The summed E-state index contributed by atoms with van der Waals surface area (Å²) in [5.41, 5.74) is 1.09. The number of rotatable bonds is 10. The van der Waals surface area contributed by atoms with Crippen LogP contribution in [0, 0.1) is 0 Å². The molecule has 0 radical (unpaired) electrons. The Hall–Kier alpha value is -3.81. The maximum Gasteiger partial charge on any atom is 0.331 e. The number of carbonyl (C=O) groups excluding carboxylic acids is 3. The van der Waals surface area contributed by atoms with E-state index in [9.17, 15) is 14.4 Å². The second-order valence-electron chi connectivity index (χ2n) is 7.24. The monoisotopic (exact) mass is 452 g/mol. The van der Waals surface area contributed by atoms with Crippen molar-refractivity contribution in [3.8, 4) is 17.2 Å². The fraction of sp³-hybridized carbons (Fsp3) is 0.320. The van der Waals surface area contributed by atoms with Gasteiger partial charge in [-0.15, -0.1) is 0 Å². The van der Waals surface area contributed by atoms with Crippen LogP contribution >= 0.6 is 0 Å². The molecule has 3 rings (SSSR count). The van der Waals surface area contributed by atoms with Gasteiger partial charge in [0.05, 0.1) is 26.4 Å². The van der Waals surface area contributed by atoms with Crippen molar-refractivity contribution < 1.29 is 28.6 Å². The van der Waals surface area contributed by atoms with Crippen LogP contribution in [0.5, 0.6) is 17.2 Å². The quantitative estimate of drug-likeness (QED) is 0.434. The van der Waals surface area contributed by atoms with Gasteiger partial charge in [0.1, 0.15) is 11.3 Å². The van der Waals surface area contributed by atoms with E-state index >= 15 is 0 Å². The number of para-hydroxylation sites is 1. The van der Waals surface area contributed by atoms with Crippen LogP contribution < -0.4 is 19.5 Å². The van der Waals surface area contributed by atoms with E-state index < -0.39 is 17.8 Å². The van der Waals surface area contributed by atoms with Crippen LogP contribution in [0.1, 0.15) is 38.3 Å². The number of nitrogens with zero attached hydrogens (tertiary/aromatic N) is 1. The lowest BCUT2D eigenvalue weighted by molar-refractivity contribution is -0.130. The van der Waals surface area contributed by atoms with Crippen molar-refractivity contribution in [1.82, 2.24) is 10.2 Å². The van der Waals surface area contributed by atoms with Gasteiger partial charge in [-0.2, -0.15) is 0 Å². The first kappa shape index (κ1) is 23.8. The molecule has 2 aromatic carbocycles. The number of ether oxygens (including phenoxy) is 3. The van der Waals surface area contributed by atoms with Crippen LogP contribution in [0.3, 0.4) is 0 Å². The van der Waals surface area contributed by atoms with Gasteiger partial charge in [0.15, 0.2) is 11.5 Å². The van der Waals surface area contributed by atoms with Gasteiger partial charge in [0.2, 0.25) is 0 Å². The Labute approximate surface area is 193 Å². The number of barbiturate groups is 1. The van der Waals surface area contributed by atoms with Gasteiger partial charge in [-0.25, -0.2) is 4.79 Å². The summed E-state index contributed by atoms with van der Waals surface area (Å²) in [4.78, 5) is 39.0. The highest BCUT2D eigenvalue weighted by molar-refractivity contribution is 6.31. The third kappa shape index (κ3) is 5.71. The number of amides is 4. The molecule has 1 heterocycles. The summed E-state index contributed by atoms with van der Waals surface area (Å²) in [6.45, 7) is 7.11. The second kappa shape index (κ2) is 11.2. The van der Waals surface area contributed by atoms with Crippen molar-refractivity contribution in [2.75, 3.05) is 19.8 Å². The maximum absolute atomic E-state index is 13.1. The molecule has 0 atom stereocenters. The lowest BCUT2D eigenvalue weighted by Gasteiger charge is -2.26. The number of carbonyl (C=O) groups is 3. The summed E-state index contributed by atoms with van der Waals surface area (Å²) < 4.78 is 16.9. The van der Waals surface area contributed by atoms with Crippen molar-refractivity contribution in [3.63, 3.8) is 0 Å². The van der Waals surface area contributed by atoms with Gasteiger partial charge >= 0.3 is 6.03 Å². The molecule has 2 aromatic rings. The first-order valence-electron chi connectivity index (χ1n) is 11.0. The number of benzene rings is 2. The molecular formula is C25H28N2O6. The average Bonchev–Trinajstić information content (AvgIpc) is 2.80. The number of urea groups is 1. The summed E-state index contributed by atoms with van der Waals surface area (Å²) in [5.74, 6) is 0.247. The third-order valence-electron chi connectivity index (χ3n) is 4.81. The fourth-order valence-corrected chi connectivity index (χ4v) is 3.31. The molecule has 1 N–H and O–H groups in total. The minimum Gasteiger partial charge on any atom is -0.493 e. The van der Waals surface area contributed by atoms with Crippen molar-refractivity contribution >= 4 is 23.9 Å². The van der Waals surface area contributed by atoms with Gasteiger partial charge in [-0.1, -0.05) is 31.2 Å². The molecule has 1 saturated heterocycles. The summed E-state index contributed by atoms with van der Waals surface area (Å²) in [6.07, 6.45) is 2.29. The number of hydrogen-bond donors (Lipinski definition) is 1. The Morgan fingerprint density at radius 1 is 0.879 bits per heavy atom. The van der Waals surface area contributed by atoms with E-state index in [1.165, 1.54) is 6.08 Å². The second-order valence-corrected chi connectivity index (χ2v) is 7.24.